The van der Waals surface area contributed by atoms with Crippen LogP contribution in [0.5, 0.6) is 0 Å². The zero-order chi connectivity index (χ0) is 11.8. The second-order valence-electron chi connectivity index (χ2n) is 3.16. The number of rotatable bonds is 2. The molecule has 0 atom stereocenters. The lowest BCUT2D eigenvalue weighted by Crippen LogP contribution is -2.04. The molecule has 1 aromatic carbocycles. The van der Waals surface area contributed by atoms with Gasteiger partial charge in [-0.2, -0.15) is 0 Å². The van der Waals surface area contributed by atoms with Gasteiger partial charge in [0.2, 0.25) is 0 Å². The molecule has 0 spiro atoms. The van der Waals surface area contributed by atoms with E-state index in [2.05, 4.69) is 17.6 Å². The summed E-state index contributed by atoms with van der Waals surface area (Å²) in [6.07, 6.45) is 3.31. The van der Waals surface area contributed by atoms with Crippen molar-refractivity contribution in [3.63, 3.8) is 0 Å². The van der Waals surface area contributed by atoms with E-state index >= 15 is 0 Å². The van der Waals surface area contributed by atoms with Crippen LogP contribution in [0.4, 0.5) is 0 Å². The van der Waals surface area contributed by atoms with E-state index in [-0.39, 0.29) is 5.30 Å². The lowest BCUT2D eigenvalue weighted by atomic mass is 10.3. The summed E-state index contributed by atoms with van der Waals surface area (Å²) < 4.78 is 12.7. The third-order valence-corrected chi connectivity index (χ3v) is 3.39. The Labute approximate surface area is 97.3 Å². The van der Waals surface area contributed by atoms with Crippen molar-refractivity contribution in [1.82, 2.24) is 9.55 Å². The zero-order valence-corrected chi connectivity index (χ0v) is 9.84. The fourth-order valence-electron chi connectivity index (χ4n) is 1.30. The van der Waals surface area contributed by atoms with Crippen LogP contribution in [0.3, 0.4) is 0 Å². The summed E-state index contributed by atoms with van der Waals surface area (Å²) in [5.41, 5.74) is 0.750. The average Bonchev–Trinajstić information content (AvgIpc) is 2.63. The van der Waals surface area contributed by atoms with Gasteiger partial charge in [-0.25, -0.2) is 4.98 Å². The molecule has 7 heteroatoms. The molecule has 2 aromatic rings. The third kappa shape index (κ3) is 2.20. The number of benzene rings is 1. The van der Waals surface area contributed by atoms with Crippen LogP contribution in [-0.4, -0.2) is 19.3 Å². The van der Waals surface area contributed by atoms with Crippen molar-refractivity contribution >= 4 is 25.5 Å². The number of hydrogen-bond acceptors (Lipinski definition) is 3. The average molecular weight is 256 g/mol. The highest BCUT2D eigenvalue weighted by Gasteiger charge is 2.16. The molecule has 0 fully saturated rings. The van der Waals surface area contributed by atoms with Gasteiger partial charge in [0.25, 0.3) is 0 Å². The smallest absolute Gasteiger partial charge is 0.321 e. The Morgan fingerprint density at radius 3 is 2.31 bits per heavy atom. The molecular weight excluding hydrogens is 247 g/mol. The van der Waals surface area contributed by atoms with Crippen LogP contribution < -0.4 is 5.30 Å². The molecule has 0 saturated carbocycles. The van der Waals surface area contributed by atoms with Gasteiger partial charge in [0, 0.05) is 18.1 Å². The molecule has 16 heavy (non-hydrogen) atoms. The van der Waals surface area contributed by atoms with Crippen LogP contribution in [0.2, 0.25) is 0 Å². The largest absolute Gasteiger partial charge is 0.356 e. The molecule has 84 valence electrons. The number of imidazole rings is 1. The van der Waals surface area contributed by atoms with Crippen LogP contribution >= 0.6 is 20.2 Å². The van der Waals surface area contributed by atoms with Crippen molar-refractivity contribution in [3.05, 3.63) is 36.7 Å². The Hall–Kier alpha value is -1.07. The first kappa shape index (κ1) is 11.4. The summed E-state index contributed by atoms with van der Waals surface area (Å²) in [6, 6.07) is 6.00. The molecule has 0 aliphatic carbocycles. The van der Waals surface area contributed by atoms with Crippen molar-refractivity contribution in [2.24, 2.45) is 0 Å². The van der Waals surface area contributed by atoms with Gasteiger partial charge in [-0.1, -0.05) is 0 Å². The minimum absolute atomic E-state index is 0.00270. The Balaban J connectivity index is 2.41. The van der Waals surface area contributed by atoms with Crippen molar-refractivity contribution in [1.29, 1.82) is 0 Å². The molecule has 2 N–H and O–H groups in total. The van der Waals surface area contributed by atoms with E-state index in [1.807, 2.05) is 0 Å². The fraction of sp³-hybridized carbons (Fsp3) is 0. The van der Waals surface area contributed by atoms with E-state index in [0.717, 1.165) is 5.69 Å². The normalized spacial score (nSPS) is 11.7. The minimum atomic E-state index is -4.17. The molecule has 0 unspecified atom stereocenters. The van der Waals surface area contributed by atoms with Gasteiger partial charge in [0.1, 0.15) is 0 Å². The Kier molecular flexibility index (Phi) is 2.90. The first-order valence-electron chi connectivity index (χ1n) is 4.37. The van der Waals surface area contributed by atoms with Crippen molar-refractivity contribution in [2.45, 2.75) is 5.16 Å². The van der Waals surface area contributed by atoms with E-state index in [1.165, 1.54) is 12.1 Å². The highest BCUT2D eigenvalue weighted by atomic mass is 32.1. The molecule has 0 radical (unpaired) electrons. The van der Waals surface area contributed by atoms with Gasteiger partial charge in [-0.15, -0.1) is 12.6 Å². The summed E-state index contributed by atoms with van der Waals surface area (Å²) in [7, 11) is -4.17. The van der Waals surface area contributed by atoms with E-state index in [1.54, 1.807) is 29.1 Å². The van der Waals surface area contributed by atoms with Gasteiger partial charge in [0.15, 0.2) is 5.16 Å². The van der Waals surface area contributed by atoms with E-state index in [4.69, 9.17) is 9.79 Å². The molecule has 0 aliphatic heterocycles. The first-order chi connectivity index (χ1) is 7.48. The number of nitrogens with zero attached hydrogens (tertiary/aromatic N) is 2. The Bertz CT molecular complexity index is 546. The third-order valence-electron chi connectivity index (χ3n) is 2.09. The highest BCUT2D eigenvalue weighted by Crippen LogP contribution is 2.33. The van der Waals surface area contributed by atoms with Crippen molar-refractivity contribution in [3.8, 4) is 5.69 Å². The summed E-state index contributed by atoms with van der Waals surface area (Å²) in [6.45, 7) is 0. The standard InChI is InChI=1S/C9H9N2O3PS/c12-15(13,14)8-3-1-7(2-4-8)11-6-5-10-9(11)16/h1-6H,(H,10,16)(H2,12,13,14). The topological polar surface area (TPSA) is 75.3 Å². The monoisotopic (exact) mass is 256 g/mol. The summed E-state index contributed by atoms with van der Waals surface area (Å²) in [4.78, 5) is 21.8. The number of aromatic nitrogens is 2. The van der Waals surface area contributed by atoms with Crippen LogP contribution in [0, 0.1) is 0 Å². The predicted octanol–water partition coefficient (Wildman–Crippen LogP) is 0.964. The molecule has 0 saturated heterocycles. The fourth-order valence-corrected chi connectivity index (χ4v) is 2.09. The van der Waals surface area contributed by atoms with E-state index in [9.17, 15) is 4.57 Å². The second kappa shape index (κ2) is 4.07. The van der Waals surface area contributed by atoms with Gasteiger partial charge in [-0.05, 0) is 24.3 Å². The Morgan fingerprint density at radius 2 is 1.88 bits per heavy atom. The maximum atomic E-state index is 11.0. The molecular formula is C9H9N2O3PS. The van der Waals surface area contributed by atoms with Gasteiger partial charge in [0.05, 0.1) is 5.30 Å². The van der Waals surface area contributed by atoms with E-state index in [0.29, 0.717) is 5.16 Å². The lowest BCUT2D eigenvalue weighted by Gasteiger charge is -2.07. The van der Waals surface area contributed by atoms with Gasteiger partial charge in [-0.3, -0.25) is 9.13 Å². The first-order valence-corrected chi connectivity index (χ1v) is 6.43. The van der Waals surface area contributed by atoms with Gasteiger partial charge < -0.3 is 9.79 Å². The molecule has 0 amide bonds. The van der Waals surface area contributed by atoms with Crippen LogP contribution in [-0.2, 0) is 4.57 Å². The van der Waals surface area contributed by atoms with Crippen LogP contribution in [0.25, 0.3) is 5.69 Å². The number of hydrogen-bond donors (Lipinski definition) is 3. The van der Waals surface area contributed by atoms with Crippen molar-refractivity contribution in [2.75, 3.05) is 0 Å². The molecule has 0 bridgehead atoms. The van der Waals surface area contributed by atoms with Crippen LogP contribution in [0.15, 0.2) is 41.8 Å². The predicted molar refractivity (Wildman–Crippen MR) is 62.5 cm³/mol. The maximum Gasteiger partial charge on any atom is 0.356 e. The van der Waals surface area contributed by atoms with Crippen molar-refractivity contribution < 1.29 is 14.4 Å². The van der Waals surface area contributed by atoms with Gasteiger partial charge >= 0.3 is 7.60 Å². The van der Waals surface area contributed by atoms with Crippen LogP contribution in [0.1, 0.15) is 0 Å². The highest BCUT2D eigenvalue weighted by molar-refractivity contribution is 7.80. The summed E-state index contributed by atoms with van der Waals surface area (Å²) in [5, 5.41) is 0.515. The Morgan fingerprint density at radius 1 is 1.25 bits per heavy atom. The molecule has 5 nitrogen and oxygen atoms in total. The minimum Gasteiger partial charge on any atom is -0.321 e. The second-order valence-corrected chi connectivity index (χ2v) is 5.16. The number of thiol groups is 1. The lowest BCUT2D eigenvalue weighted by molar-refractivity contribution is 0.387. The summed E-state index contributed by atoms with van der Waals surface area (Å²) >= 11 is 4.14. The maximum absolute atomic E-state index is 11.0. The molecule has 0 aliphatic rings. The molecule has 1 heterocycles. The summed E-state index contributed by atoms with van der Waals surface area (Å²) in [5.74, 6) is 0. The molecule has 1 aromatic heterocycles. The SMILES string of the molecule is O=P(O)(O)c1ccc(-n2ccnc2S)cc1. The molecule has 2 rings (SSSR count). The quantitative estimate of drug-likeness (QED) is 0.552. The van der Waals surface area contributed by atoms with E-state index < -0.39 is 7.60 Å². The zero-order valence-electron chi connectivity index (χ0n) is 8.06.